The molecule has 0 spiro atoms. The van der Waals surface area contributed by atoms with Gasteiger partial charge in [0.15, 0.2) is 5.82 Å². The molecule has 86 valence electrons. The number of rotatable bonds is 2. The molecular weight excluding hydrogens is 231 g/mol. The van der Waals surface area contributed by atoms with Crippen molar-refractivity contribution in [3.63, 3.8) is 0 Å². The summed E-state index contributed by atoms with van der Waals surface area (Å²) in [7, 11) is 0. The molecule has 2 N–H and O–H groups in total. The van der Waals surface area contributed by atoms with E-state index in [0.29, 0.717) is 0 Å². The van der Waals surface area contributed by atoms with E-state index in [1.807, 2.05) is 0 Å². The van der Waals surface area contributed by atoms with E-state index in [9.17, 15) is 9.18 Å². The number of hydrogen-bond acceptors (Lipinski definition) is 2. The van der Waals surface area contributed by atoms with Crippen LogP contribution in [0.5, 0.6) is 0 Å². The molecule has 5 heteroatoms. The van der Waals surface area contributed by atoms with Crippen molar-refractivity contribution in [3.8, 4) is 0 Å². The van der Waals surface area contributed by atoms with E-state index >= 15 is 0 Å². The minimum atomic E-state index is -0.587. The van der Waals surface area contributed by atoms with Crippen LogP contribution in [0.25, 0.3) is 0 Å². The fraction of sp³-hybridized carbons (Fsp3) is 0.364. The Kier molecular flexibility index (Phi) is 3.41. The van der Waals surface area contributed by atoms with Crippen LogP contribution in [0.4, 0.5) is 10.1 Å². The third kappa shape index (κ3) is 2.33. The number of carbonyl (C=O) groups is 1. The maximum Gasteiger partial charge on any atom is 0.241 e. The molecule has 0 aliphatic carbocycles. The number of benzene rings is 1. The number of amides is 1. The molecule has 1 atom stereocenters. The summed E-state index contributed by atoms with van der Waals surface area (Å²) >= 11 is 5.62. The van der Waals surface area contributed by atoms with Crippen LogP contribution in [0.15, 0.2) is 18.2 Å². The van der Waals surface area contributed by atoms with Gasteiger partial charge in [-0.2, -0.15) is 0 Å². The molecule has 0 aromatic heterocycles. The molecule has 1 heterocycles. The van der Waals surface area contributed by atoms with Crippen molar-refractivity contribution in [1.82, 2.24) is 5.32 Å². The second-order valence-electron chi connectivity index (χ2n) is 3.74. The molecule has 1 aliphatic heterocycles. The maximum absolute atomic E-state index is 13.5. The molecule has 16 heavy (non-hydrogen) atoms. The standard InChI is InChI=1S/C11H12ClFN2O/c12-7-3-1-4-8(10(7)13)15-11(16)9-5-2-6-14-9/h1,3-4,9,14H,2,5-6H2,(H,15,16)/t9-/m1/s1. The van der Waals surface area contributed by atoms with Gasteiger partial charge in [-0.3, -0.25) is 4.79 Å². The fourth-order valence-corrected chi connectivity index (χ4v) is 1.90. The van der Waals surface area contributed by atoms with E-state index in [0.717, 1.165) is 19.4 Å². The zero-order chi connectivity index (χ0) is 11.5. The predicted octanol–water partition coefficient (Wildman–Crippen LogP) is 2.17. The first-order valence-electron chi connectivity index (χ1n) is 5.17. The molecule has 1 aromatic carbocycles. The van der Waals surface area contributed by atoms with E-state index in [1.54, 1.807) is 6.07 Å². The summed E-state index contributed by atoms with van der Waals surface area (Å²) in [5.41, 5.74) is 0.131. The van der Waals surface area contributed by atoms with Gasteiger partial charge in [0.1, 0.15) is 0 Å². The predicted molar refractivity (Wildman–Crippen MR) is 61.1 cm³/mol. The van der Waals surface area contributed by atoms with Gasteiger partial charge in [-0.05, 0) is 31.5 Å². The molecule has 1 saturated heterocycles. The van der Waals surface area contributed by atoms with Gasteiger partial charge in [0.25, 0.3) is 0 Å². The van der Waals surface area contributed by atoms with Crippen molar-refractivity contribution in [2.24, 2.45) is 0 Å². The third-order valence-corrected chi connectivity index (χ3v) is 2.88. The summed E-state index contributed by atoms with van der Waals surface area (Å²) in [6, 6.07) is 4.32. The van der Waals surface area contributed by atoms with Crippen molar-refractivity contribution in [3.05, 3.63) is 29.0 Å². The zero-order valence-electron chi connectivity index (χ0n) is 8.59. The van der Waals surface area contributed by atoms with Crippen LogP contribution in [0, 0.1) is 5.82 Å². The Morgan fingerprint density at radius 2 is 2.38 bits per heavy atom. The highest BCUT2D eigenvalue weighted by Crippen LogP contribution is 2.22. The van der Waals surface area contributed by atoms with E-state index < -0.39 is 5.82 Å². The number of hydrogen-bond donors (Lipinski definition) is 2. The summed E-state index contributed by atoms with van der Waals surface area (Å²) in [6.45, 7) is 0.829. The SMILES string of the molecule is O=C(Nc1cccc(Cl)c1F)[C@H]1CCCN1. The van der Waals surface area contributed by atoms with Crippen LogP contribution < -0.4 is 10.6 Å². The summed E-state index contributed by atoms with van der Waals surface area (Å²) in [5.74, 6) is -0.797. The number of halogens is 2. The van der Waals surface area contributed by atoms with Gasteiger partial charge in [0.05, 0.1) is 16.8 Å². The van der Waals surface area contributed by atoms with Crippen LogP contribution in [0.2, 0.25) is 5.02 Å². The first-order chi connectivity index (χ1) is 7.68. The van der Waals surface area contributed by atoms with Gasteiger partial charge in [-0.25, -0.2) is 4.39 Å². The van der Waals surface area contributed by atoms with Gasteiger partial charge in [0, 0.05) is 0 Å². The average molecular weight is 243 g/mol. The van der Waals surface area contributed by atoms with Crippen molar-refractivity contribution in [2.75, 3.05) is 11.9 Å². The highest BCUT2D eigenvalue weighted by Gasteiger charge is 2.22. The summed E-state index contributed by atoms with van der Waals surface area (Å²) in [4.78, 5) is 11.7. The minimum absolute atomic E-state index is 0.0113. The first-order valence-corrected chi connectivity index (χ1v) is 5.54. The zero-order valence-corrected chi connectivity index (χ0v) is 9.35. The van der Waals surface area contributed by atoms with Crippen molar-refractivity contribution in [1.29, 1.82) is 0 Å². The van der Waals surface area contributed by atoms with Crippen molar-refractivity contribution in [2.45, 2.75) is 18.9 Å². The third-order valence-electron chi connectivity index (χ3n) is 2.59. The van der Waals surface area contributed by atoms with Gasteiger partial charge >= 0.3 is 0 Å². The second kappa shape index (κ2) is 4.80. The molecule has 0 bridgehead atoms. The molecule has 2 rings (SSSR count). The Hall–Kier alpha value is -1.13. The van der Waals surface area contributed by atoms with Gasteiger partial charge in [0.2, 0.25) is 5.91 Å². The fourth-order valence-electron chi connectivity index (χ4n) is 1.73. The smallest absolute Gasteiger partial charge is 0.241 e. The molecule has 3 nitrogen and oxygen atoms in total. The Morgan fingerprint density at radius 1 is 1.56 bits per heavy atom. The monoisotopic (exact) mass is 242 g/mol. The van der Waals surface area contributed by atoms with E-state index in [4.69, 9.17) is 11.6 Å². The Labute approximate surface area is 98.0 Å². The molecule has 1 aromatic rings. The first kappa shape index (κ1) is 11.4. The Bertz CT molecular complexity index is 405. The van der Waals surface area contributed by atoms with E-state index in [2.05, 4.69) is 10.6 Å². The molecular formula is C11H12ClFN2O. The number of carbonyl (C=O) groups excluding carboxylic acids is 1. The van der Waals surface area contributed by atoms with Crippen LogP contribution in [0.3, 0.4) is 0 Å². The highest BCUT2D eigenvalue weighted by molar-refractivity contribution is 6.31. The number of anilines is 1. The maximum atomic E-state index is 13.5. The lowest BCUT2D eigenvalue weighted by atomic mass is 10.2. The van der Waals surface area contributed by atoms with Crippen LogP contribution >= 0.6 is 11.6 Å². The van der Waals surface area contributed by atoms with E-state index in [-0.39, 0.29) is 22.7 Å². The quantitative estimate of drug-likeness (QED) is 0.835. The molecule has 1 amide bonds. The summed E-state index contributed by atoms with van der Waals surface area (Å²) in [6.07, 6.45) is 1.75. The molecule has 0 unspecified atom stereocenters. The molecule has 1 aliphatic rings. The second-order valence-corrected chi connectivity index (χ2v) is 4.15. The van der Waals surface area contributed by atoms with E-state index in [1.165, 1.54) is 12.1 Å². The lowest BCUT2D eigenvalue weighted by molar-refractivity contribution is -0.117. The van der Waals surface area contributed by atoms with Crippen LogP contribution in [-0.2, 0) is 4.79 Å². The normalized spacial score (nSPS) is 19.8. The average Bonchev–Trinajstić information content (AvgIpc) is 2.78. The largest absolute Gasteiger partial charge is 0.322 e. The van der Waals surface area contributed by atoms with Gasteiger partial charge in [-0.15, -0.1) is 0 Å². The summed E-state index contributed by atoms with van der Waals surface area (Å²) in [5, 5.41) is 5.59. The van der Waals surface area contributed by atoms with Crippen molar-refractivity contribution < 1.29 is 9.18 Å². The van der Waals surface area contributed by atoms with Crippen LogP contribution in [0.1, 0.15) is 12.8 Å². The topological polar surface area (TPSA) is 41.1 Å². The Morgan fingerprint density at radius 3 is 3.06 bits per heavy atom. The number of nitrogens with one attached hydrogen (secondary N) is 2. The lowest BCUT2D eigenvalue weighted by Gasteiger charge is -2.11. The molecule has 0 radical (unpaired) electrons. The lowest BCUT2D eigenvalue weighted by Crippen LogP contribution is -2.35. The van der Waals surface area contributed by atoms with Crippen molar-refractivity contribution >= 4 is 23.2 Å². The van der Waals surface area contributed by atoms with Crippen LogP contribution in [-0.4, -0.2) is 18.5 Å². The molecule has 0 saturated carbocycles. The highest BCUT2D eigenvalue weighted by atomic mass is 35.5. The van der Waals surface area contributed by atoms with Gasteiger partial charge < -0.3 is 10.6 Å². The van der Waals surface area contributed by atoms with Gasteiger partial charge in [-0.1, -0.05) is 17.7 Å². The minimum Gasteiger partial charge on any atom is -0.322 e. The molecule has 1 fully saturated rings. The summed E-state index contributed by atoms with van der Waals surface area (Å²) < 4.78 is 13.5. The Balaban J connectivity index is 2.08.